The van der Waals surface area contributed by atoms with Crippen LogP contribution in [-0.2, 0) is 13.2 Å². The molecule has 0 radical (unpaired) electrons. The maximum absolute atomic E-state index is 13.9. The molecule has 3 aromatic heterocycles. The summed E-state index contributed by atoms with van der Waals surface area (Å²) >= 11 is 0. The number of nitrogens with zero attached hydrogens (tertiary/aromatic N) is 4. The number of rotatable bonds is 4. The fourth-order valence-electron chi connectivity index (χ4n) is 4.23. The van der Waals surface area contributed by atoms with Crippen molar-refractivity contribution in [3.8, 4) is 22.6 Å². The number of nitrogens with two attached hydrogens (primary N) is 1. The minimum Gasteiger partial charge on any atom is -0.435 e. The van der Waals surface area contributed by atoms with E-state index in [4.69, 9.17) is 5.73 Å². The zero-order valence-corrected chi connectivity index (χ0v) is 19.3. The Morgan fingerprint density at radius 3 is 2.41 bits per heavy atom. The monoisotopic (exact) mass is 515 g/mol. The first-order chi connectivity index (χ1) is 17.5. The second-order valence-corrected chi connectivity index (χ2v) is 8.33. The van der Waals surface area contributed by atoms with Crippen LogP contribution >= 0.6 is 0 Å². The molecule has 2 N–H and O–H groups in total. The predicted octanol–water partition coefficient (Wildman–Crippen LogP) is 5.45. The van der Waals surface area contributed by atoms with E-state index in [-0.39, 0.29) is 33.7 Å². The normalized spacial score (nSPS) is 12.1. The van der Waals surface area contributed by atoms with Crippen LogP contribution in [0, 0.1) is 6.92 Å². The number of benzene rings is 2. The summed E-state index contributed by atoms with van der Waals surface area (Å²) in [5.74, 6) is -0.182. The molecule has 3 heterocycles. The molecule has 0 bridgehead atoms. The number of hydrogen-bond donors (Lipinski definition) is 1. The van der Waals surface area contributed by atoms with Crippen LogP contribution in [0.15, 0.2) is 59.5 Å². The van der Waals surface area contributed by atoms with Crippen molar-refractivity contribution in [3.63, 3.8) is 0 Å². The summed E-state index contributed by atoms with van der Waals surface area (Å²) in [4.78, 5) is 17.8. The zero-order chi connectivity index (χ0) is 26.6. The third-order valence-electron chi connectivity index (χ3n) is 6.12. The smallest absolute Gasteiger partial charge is 0.417 e. The van der Waals surface area contributed by atoms with Gasteiger partial charge < -0.3 is 10.5 Å². The fraction of sp³-hybridized carbons (Fsp3) is 0.160. The Morgan fingerprint density at radius 2 is 1.76 bits per heavy atom. The highest BCUT2D eigenvalue weighted by atomic mass is 19.4. The SMILES string of the molecule is Cc1c2cc(-c3c(N)c4ncc(C(F)(F)F)cc4n(-c4ccc(OC(F)F)cc4)c3=O)ccc2nn1C. The Kier molecular flexibility index (Phi) is 5.61. The van der Waals surface area contributed by atoms with Crippen LogP contribution in [0.1, 0.15) is 11.3 Å². The Hall–Kier alpha value is -4.48. The van der Waals surface area contributed by atoms with Gasteiger partial charge in [-0.2, -0.15) is 27.1 Å². The first-order valence-corrected chi connectivity index (χ1v) is 10.9. The van der Waals surface area contributed by atoms with E-state index in [0.717, 1.165) is 21.7 Å². The van der Waals surface area contributed by atoms with Gasteiger partial charge in [0, 0.05) is 30.0 Å². The van der Waals surface area contributed by atoms with Gasteiger partial charge >= 0.3 is 12.8 Å². The van der Waals surface area contributed by atoms with Gasteiger partial charge in [0.05, 0.1) is 27.8 Å². The predicted molar refractivity (Wildman–Crippen MR) is 128 cm³/mol. The standard InChI is InChI=1S/C25H18F5N5O2/c1-12-17-9-13(3-8-18(17)33-34(12)2)20-21(31)22-19(10-14(11-32-22)25(28,29)30)35(23(20)36)15-4-6-16(7-5-15)37-24(26)27/h3-11,24H,31H2,1-2H3. The first kappa shape index (κ1) is 24.2. The molecule has 0 atom stereocenters. The number of hydrogen-bond acceptors (Lipinski definition) is 5. The number of ether oxygens (including phenoxy) is 1. The molecule has 5 rings (SSSR count). The largest absolute Gasteiger partial charge is 0.435 e. The summed E-state index contributed by atoms with van der Waals surface area (Å²) in [6.07, 6.45) is -4.08. The lowest BCUT2D eigenvalue weighted by Crippen LogP contribution is -2.23. The fourth-order valence-corrected chi connectivity index (χ4v) is 4.23. The average molecular weight is 515 g/mol. The second-order valence-electron chi connectivity index (χ2n) is 8.33. The maximum atomic E-state index is 13.9. The third-order valence-corrected chi connectivity index (χ3v) is 6.12. The Morgan fingerprint density at radius 1 is 1.05 bits per heavy atom. The van der Waals surface area contributed by atoms with Gasteiger partial charge in [-0.3, -0.25) is 19.0 Å². The maximum Gasteiger partial charge on any atom is 0.417 e. The topological polar surface area (TPSA) is 88.0 Å². The van der Waals surface area contributed by atoms with Gasteiger partial charge in [0.15, 0.2) is 0 Å². The molecule has 0 spiro atoms. The molecule has 0 aliphatic carbocycles. The van der Waals surface area contributed by atoms with Crippen molar-refractivity contribution < 1.29 is 26.7 Å². The van der Waals surface area contributed by atoms with Gasteiger partial charge in [0.25, 0.3) is 5.56 Å². The van der Waals surface area contributed by atoms with Gasteiger partial charge in [-0.05, 0) is 55.0 Å². The molecule has 7 nitrogen and oxygen atoms in total. The number of halogens is 5. The molecule has 0 fully saturated rings. The van der Waals surface area contributed by atoms with Gasteiger partial charge in [-0.1, -0.05) is 6.07 Å². The van der Waals surface area contributed by atoms with Crippen LogP contribution in [0.2, 0.25) is 0 Å². The van der Waals surface area contributed by atoms with E-state index in [2.05, 4.69) is 14.8 Å². The molecule has 0 unspecified atom stereocenters. The second kappa shape index (κ2) is 8.57. The van der Waals surface area contributed by atoms with Gasteiger partial charge in [-0.25, -0.2) is 0 Å². The first-order valence-electron chi connectivity index (χ1n) is 10.9. The van der Waals surface area contributed by atoms with Crippen molar-refractivity contribution in [2.45, 2.75) is 19.7 Å². The number of fused-ring (bicyclic) bond motifs is 2. The molecule has 190 valence electrons. The molecular weight excluding hydrogens is 497 g/mol. The van der Waals surface area contributed by atoms with E-state index in [9.17, 15) is 26.7 Å². The lowest BCUT2D eigenvalue weighted by Gasteiger charge is -2.17. The minimum absolute atomic E-state index is 0.0258. The number of alkyl halides is 5. The molecular formula is C25H18F5N5O2. The summed E-state index contributed by atoms with van der Waals surface area (Å²) < 4.78 is 72.7. The molecule has 0 saturated heterocycles. The highest BCUT2D eigenvalue weighted by Crippen LogP contribution is 2.35. The van der Waals surface area contributed by atoms with Crippen LogP contribution in [0.25, 0.3) is 38.8 Å². The Balaban J connectivity index is 1.83. The number of aromatic nitrogens is 4. The van der Waals surface area contributed by atoms with E-state index in [1.54, 1.807) is 29.9 Å². The average Bonchev–Trinajstić information content (AvgIpc) is 3.12. The Labute approximate surface area is 205 Å². The molecule has 2 aromatic carbocycles. The van der Waals surface area contributed by atoms with E-state index in [1.807, 2.05) is 6.92 Å². The van der Waals surface area contributed by atoms with E-state index in [1.165, 1.54) is 24.3 Å². The lowest BCUT2D eigenvalue weighted by atomic mass is 10.0. The number of nitrogen functional groups attached to an aromatic ring is 1. The van der Waals surface area contributed by atoms with Gasteiger partial charge in [0.2, 0.25) is 0 Å². The van der Waals surface area contributed by atoms with E-state index >= 15 is 0 Å². The van der Waals surface area contributed by atoms with Crippen LogP contribution in [0.4, 0.5) is 27.6 Å². The van der Waals surface area contributed by atoms with Crippen molar-refractivity contribution >= 4 is 27.6 Å². The quantitative estimate of drug-likeness (QED) is 0.322. The Bertz CT molecular complexity index is 1720. The molecule has 37 heavy (non-hydrogen) atoms. The third kappa shape index (κ3) is 4.13. The molecule has 5 aromatic rings. The van der Waals surface area contributed by atoms with Crippen LogP contribution < -0.4 is 16.0 Å². The van der Waals surface area contributed by atoms with E-state index in [0.29, 0.717) is 17.3 Å². The van der Waals surface area contributed by atoms with Gasteiger partial charge in [-0.15, -0.1) is 0 Å². The molecule has 0 amide bonds. The van der Waals surface area contributed by atoms with Crippen molar-refractivity contribution in [2.24, 2.45) is 7.05 Å². The van der Waals surface area contributed by atoms with Gasteiger partial charge in [0.1, 0.15) is 11.3 Å². The minimum atomic E-state index is -4.73. The summed E-state index contributed by atoms with van der Waals surface area (Å²) in [6, 6.07) is 10.8. The van der Waals surface area contributed by atoms with Crippen LogP contribution in [0.5, 0.6) is 5.75 Å². The summed E-state index contributed by atoms with van der Waals surface area (Å²) in [7, 11) is 1.77. The van der Waals surface area contributed by atoms with E-state index < -0.39 is 23.9 Å². The molecule has 0 saturated carbocycles. The summed E-state index contributed by atoms with van der Waals surface area (Å²) in [6.45, 7) is -1.22. The van der Waals surface area contributed by atoms with Crippen molar-refractivity contribution in [2.75, 3.05) is 5.73 Å². The zero-order valence-electron chi connectivity index (χ0n) is 19.3. The van der Waals surface area contributed by atoms with Crippen LogP contribution in [-0.4, -0.2) is 25.9 Å². The van der Waals surface area contributed by atoms with Crippen molar-refractivity contribution in [3.05, 3.63) is 76.3 Å². The lowest BCUT2D eigenvalue weighted by molar-refractivity contribution is -0.137. The highest BCUT2D eigenvalue weighted by molar-refractivity contribution is 5.98. The molecule has 0 aliphatic rings. The molecule has 12 heteroatoms. The number of aryl methyl sites for hydroxylation is 2. The number of anilines is 1. The summed E-state index contributed by atoms with van der Waals surface area (Å²) in [5, 5.41) is 5.15. The van der Waals surface area contributed by atoms with Crippen molar-refractivity contribution in [1.29, 1.82) is 0 Å². The van der Waals surface area contributed by atoms with Crippen molar-refractivity contribution in [1.82, 2.24) is 19.3 Å². The summed E-state index contributed by atoms with van der Waals surface area (Å²) in [5.41, 5.74) is 6.31. The van der Waals surface area contributed by atoms with Crippen LogP contribution in [0.3, 0.4) is 0 Å². The number of pyridine rings is 2. The molecule has 0 aliphatic heterocycles. The highest BCUT2D eigenvalue weighted by Gasteiger charge is 2.32.